The van der Waals surface area contributed by atoms with Gasteiger partial charge in [0.1, 0.15) is 5.82 Å². The van der Waals surface area contributed by atoms with Crippen molar-refractivity contribution < 1.29 is 14.4 Å². The van der Waals surface area contributed by atoms with E-state index in [1.165, 1.54) is 0 Å². The molecule has 1 fully saturated rings. The Morgan fingerprint density at radius 3 is 1.97 bits per heavy atom. The van der Waals surface area contributed by atoms with E-state index in [9.17, 15) is 14.4 Å². The Balaban J connectivity index is 1.13. The normalized spacial score (nSPS) is 15.6. The number of rotatable bonds is 3. The van der Waals surface area contributed by atoms with Crippen LogP contribution < -0.4 is 9.80 Å². The maximum atomic E-state index is 13.1. The van der Waals surface area contributed by atoms with Gasteiger partial charge in [0.25, 0.3) is 17.7 Å². The van der Waals surface area contributed by atoms with E-state index < -0.39 is 0 Å². The molecule has 8 heteroatoms. The number of para-hydroxylation sites is 2. The van der Waals surface area contributed by atoms with E-state index in [0.717, 1.165) is 21.8 Å². The minimum absolute atomic E-state index is 0.0804. The Bertz CT molecular complexity index is 1440. The van der Waals surface area contributed by atoms with Crippen molar-refractivity contribution in [1.82, 2.24) is 14.9 Å². The van der Waals surface area contributed by atoms with Gasteiger partial charge >= 0.3 is 0 Å². The summed E-state index contributed by atoms with van der Waals surface area (Å²) in [5, 5.41) is 0. The molecule has 0 radical (unpaired) electrons. The topological polar surface area (TPSA) is 86.7 Å². The second-order valence-corrected chi connectivity index (χ2v) is 8.53. The second kappa shape index (κ2) is 8.32. The molecule has 0 spiro atoms. The van der Waals surface area contributed by atoms with Gasteiger partial charge in [-0.3, -0.25) is 19.4 Å². The Hall–Kier alpha value is -4.59. The molecule has 3 aromatic carbocycles. The van der Waals surface area contributed by atoms with Gasteiger partial charge in [-0.05, 0) is 48.5 Å². The van der Waals surface area contributed by atoms with Crippen molar-refractivity contribution in [3.8, 4) is 0 Å². The number of aromatic nitrogens is 2. The highest BCUT2D eigenvalue weighted by molar-refractivity contribution is 6.34. The van der Waals surface area contributed by atoms with Crippen molar-refractivity contribution in [1.29, 1.82) is 0 Å². The van der Waals surface area contributed by atoms with Gasteiger partial charge < -0.3 is 9.80 Å². The Morgan fingerprint density at radius 1 is 0.714 bits per heavy atom. The maximum Gasteiger partial charge on any atom is 0.266 e. The zero-order valence-corrected chi connectivity index (χ0v) is 18.8. The molecule has 4 aromatic rings. The molecule has 1 aromatic heterocycles. The molecule has 2 aliphatic heterocycles. The Morgan fingerprint density at radius 2 is 1.31 bits per heavy atom. The van der Waals surface area contributed by atoms with Crippen LogP contribution in [0.25, 0.3) is 11.0 Å². The summed E-state index contributed by atoms with van der Waals surface area (Å²) in [4.78, 5) is 52.8. The third-order valence-electron chi connectivity index (χ3n) is 6.49. The van der Waals surface area contributed by atoms with E-state index in [1.54, 1.807) is 54.7 Å². The number of carbonyl (C=O) groups excluding carboxylic acids is 3. The van der Waals surface area contributed by atoms with Crippen molar-refractivity contribution >= 4 is 40.3 Å². The lowest BCUT2D eigenvalue weighted by Gasteiger charge is -2.35. The van der Waals surface area contributed by atoms with E-state index >= 15 is 0 Å². The highest BCUT2D eigenvalue weighted by Crippen LogP contribution is 2.28. The predicted octanol–water partition coefficient (Wildman–Crippen LogP) is 3.39. The van der Waals surface area contributed by atoms with Crippen molar-refractivity contribution in [2.45, 2.75) is 0 Å². The van der Waals surface area contributed by atoms with Gasteiger partial charge in [0.15, 0.2) is 0 Å². The van der Waals surface area contributed by atoms with Gasteiger partial charge in [-0.25, -0.2) is 9.88 Å². The average Bonchev–Trinajstić information content (AvgIpc) is 3.18. The quantitative estimate of drug-likeness (QED) is 0.433. The summed E-state index contributed by atoms with van der Waals surface area (Å²) in [6.07, 6.45) is 1.78. The van der Waals surface area contributed by atoms with Gasteiger partial charge in [-0.1, -0.05) is 24.3 Å². The minimum Gasteiger partial charge on any atom is -0.352 e. The summed E-state index contributed by atoms with van der Waals surface area (Å²) >= 11 is 0. The van der Waals surface area contributed by atoms with Gasteiger partial charge in [0.2, 0.25) is 0 Å². The smallest absolute Gasteiger partial charge is 0.266 e. The zero-order chi connectivity index (χ0) is 23.9. The molecule has 3 amide bonds. The summed E-state index contributed by atoms with van der Waals surface area (Å²) in [6.45, 7) is 2.44. The van der Waals surface area contributed by atoms with Crippen LogP contribution in [0.15, 0.2) is 79.0 Å². The molecule has 2 aliphatic rings. The minimum atomic E-state index is -0.349. The molecule has 35 heavy (non-hydrogen) atoms. The molecule has 8 nitrogen and oxygen atoms in total. The van der Waals surface area contributed by atoms with Crippen LogP contribution in [0.3, 0.4) is 0 Å². The zero-order valence-electron chi connectivity index (χ0n) is 18.8. The lowest BCUT2D eigenvalue weighted by molar-refractivity contribution is 0.0746. The molecule has 1 saturated heterocycles. The van der Waals surface area contributed by atoms with Crippen LogP contribution in [0.5, 0.6) is 0 Å². The third-order valence-corrected chi connectivity index (χ3v) is 6.49. The number of amides is 3. The van der Waals surface area contributed by atoms with Crippen LogP contribution in [0.4, 0.5) is 11.5 Å². The predicted molar refractivity (Wildman–Crippen MR) is 132 cm³/mol. The lowest BCUT2D eigenvalue weighted by Crippen LogP contribution is -2.49. The second-order valence-electron chi connectivity index (χ2n) is 8.53. The van der Waals surface area contributed by atoms with E-state index in [-0.39, 0.29) is 17.7 Å². The van der Waals surface area contributed by atoms with Crippen molar-refractivity contribution in [2.75, 3.05) is 36.0 Å². The number of hydrogen-bond donors (Lipinski definition) is 0. The van der Waals surface area contributed by atoms with Crippen LogP contribution in [-0.4, -0.2) is 58.8 Å². The lowest BCUT2D eigenvalue weighted by atomic mass is 10.1. The van der Waals surface area contributed by atoms with Gasteiger partial charge in [0.05, 0.1) is 34.0 Å². The van der Waals surface area contributed by atoms with Crippen molar-refractivity contribution in [3.63, 3.8) is 0 Å². The van der Waals surface area contributed by atoms with Crippen LogP contribution >= 0.6 is 0 Å². The average molecular weight is 463 g/mol. The molecule has 0 bridgehead atoms. The first-order chi connectivity index (χ1) is 17.1. The Labute approximate surface area is 201 Å². The number of nitrogens with zero attached hydrogens (tertiary/aromatic N) is 5. The fourth-order valence-electron chi connectivity index (χ4n) is 4.60. The standard InChI is InChI=1S/C27H21N5O3/c33-25(31-15-13-30(14-16-31)24-17-28-22-7-3-4-8-23(22)29-24)18-9-11-19(12-10-18)32-26(34)20-5-1-2-6-21(20)27(32)35/h1-12,17H,13-16H2. The molecular formula is C27H21N5O3. The third kappa shape index (κ3) is 3.59. The molecule has 0 unspecified atom stereocenters. The fourth-order valence-corrected chi connectivity index (χ4v) is 4.60. The highest BCUT2D eigenvalue weighted by atomic mass is 16.2. The number of fused-ring (bicyclic) bond motifs is 2. The number of benzene rings is 3. The summed E-state index contributed by atoms with van der Waals surface area (Å²) in [5.74, 6) is 0.0272. The van der Waals surface area contributed by atoms with Gasteiger partial charge in [-0.2, -0.15) is 0 Å². The molecule has 6 rings (SSSR count). The van der Waals surface area contributed by atoms with E-state index in [1.807, 2.05) is 29.2 Å². The van der Waals surface area contributed by atoms with Crippen LogP contribution in [0.1, 0.15) is 31.1 Å². The number of imide groups is 1. The van der Waals surface area contributed by atoms with Crippen LogP contribution in [-0.2, 0) is 0 Å². The van der Waals surface area contributed by atoms with Gasteiger partial charge in [-0.15, -0.1) is 0 Å². The first kappa shape index (κ1) is 21.0. The van der Waals surface area contributed by atoms with Crippen molar-refractivity contribution in [3.05, 3.63) is 95.7 Å². The number of piperazine rings is 1. The summed E-state index contributed by atoms with van der Waals surface area (Å²) < 4.78 is 0. The SMILES string of the molecule is O=C(c1ccc(N2C(=O)c3ccccc3C2=O)cc1)N1CCN(c2cnc3ccccc3n2)CC1. The van der Waals surface area contributed by atoms with E-state index in [4.69, 9.17) is 4.98 Å². The van der Waals surface area contributed by atoms with E-state index in [2.05, 4.69) is 9.88 Å². The summed E-state index contributed by atoms with van der Waals surface area (Å²) in [5.41, 5.74) is 3.46. The van der Waals surface area contributed by atoms with Gasteiger partial charge in [0, 0.05) is 31.7 Å². The molecule has 0 saturated carbocycles. The largest absolute Gasteiger partial charge is 0.352 e. The summed E-state index contributed by atoms with van der Waals surface area (Å²) in [6, 6.07) is 21.2. The molecule has 172 valence electrons. The molecule has 0 aliphatic carbocycles. The Kier molecular flexibility index (Phi) is 4.99. The first-order valence-electron chi connectivity index (χ1n) is 11.4. The first-order valence-corrected chi connectivity index (χ1v) is 11.4. The van der Waals surface area contributed by atoms with Crippen LogP contribution in [0, 0.1) is 0 Å². The number of carbonyl (C=O) groups is 3. The molecule has 3 heterocycles. The molecule has 0 atom stereocenters. The van der Waals surface area contributed by atoms with E-state index in [0.29, 0.717) is 48.6 Å². The van der Waals surface area contributed by atoms with Crippen LogP contribution in [0.2, 0.25) is 0 Å². The monoisotopic (exact) mass is 463 g/mol. The number of hydrogen-bond acceptors (Lipinski definition) is 6. The molecular weight excluding hydrogens is 442 g/mol. The fraction of sp³-hybridized carbons (Fsp3) is 0.148. The highest BCUT2D eigenvalue weighted by Gasteiger charge is 2.36. The molecule has 0 N–H and O–H groups in total. The number of anilines is 2. The van der Waals surface area contributed by atoms with Crippen molar-refractivity contribution in [2.24, 2.45) is 0 Å². The summed E-state index contributed by atoms with van der Waals surface area (Å²) in [7, 11) is 0. The maximum absolute atomic E-state index is 13.1.